The van der Waals surface area contributed by atoms with Crippen molar-refractivity contribution in [3.8, 4) is 0 Å². The number of hydrogen-bond donors (Lipinski definition) is 0. The van der Waals surface area contributed by atoms with Crippen molar-refractivity contribution in [2.75, 3.05) is 19.8 Å². The van der Waals surface area contributed by atoms with E-state index in [0.29, 0.717) is 25.5 Å². The molecule has 1 rings (SSSR count). The molecular formula is C15H27NO4. The van der Waals surface area contributed by atoms with Gasteiger partial charge in [-0.05, 0) is 26.7 Å². The molecular weight excluding hydrogens is 258 g/mol. The maximum atomic E-state index is 12.3. The second-order valence-corrected chi connectivity index (χ2v) is 6.45. The topological polar surface area (TPSA) is 55.8 Å². The molecule has 1 aliphatic heterocycles. The minimum Gasteiger partial charge on any atom is -0.444 e. The molecule has 0 aromatic heterocycles. The molecule has 5 nitrogen and oxygen atoms in total. The number of rotatable bonds is 4. The van der Waals surface area contributed by atoms with Crippen LogP contribution in [0.25, 0.3) is 0 Å². The summed E-state index contributed by atoms with van der Waals surface area (Å²) in [5.41, 5.74) is -0.556. The first kappa shape index (κ1) is 17.0. The van der Waals surface area contributed by atoms with Gasteiger partial charge in [-0.3, -0.25) is 9.69 Å². The molecule has 0 N–H and O–H groups in total. The van der Waals surface area contributed by atoms with Crippen molar-refractivity contribution in [3.05, 3.63) is 0 Å². The lowest BCUT2D eigenvalue weighted by atomic mass is 9.97. The summed E-state index contributed by atoms with van der Waals surface area (Å²) in [5.74, 6) is 0.384. The fourth-order valence-corrected chi connectivity index (χ4v) is 2.03. The van der Waals surface area contributed by atoms with Gasteiger partial charge in [0.05, 0.1) is 13.2 Å². The smallest absolute Gasteiger partial charge is 0.411 e. The highest BCUT2D eigenvalue weighted by Gasteiger charge is 2.35. The molecule has 0 bridgehead atoms. The summed E-state index contributed by atoms with van der Waals surface area (Å²) in [6, 6.07) is -0.507. The Morgan fingerprint density at radius 1 is 1.40 bits per heavy atom. The predicted molar refractivity (Wildman–Crippen MR) is 76.6 cm³/mol. The summed E-state index contributed by atoms with van der Waals surface area (Å²) in [6.07, 6.45) is 0.999. The molecule has 5 heteroatoms. The van der Waals surface area contributed by atoms with Crippen LogP contribution in [-0.4, -0.2) is 48.2 Å². The van der Waals surface area contributed by atoms with E-state index in [9.17, 15) is 9.59 Å². The third-order valence-corrected chi connectivity index (χ3v) is 3.37. The van der Waals surface area contributed by atoms with Crippen molar-refractivity contribution in [1.29, 1.82) is 0 Å². The molecule has 1 fully saturated rings. The molecule has 1 aliphatic rings. The van der Waals surface area contributed by atoms with Crippen LogP contribution in [0.3, 0.4) is 0 Å². The van der Waals surface area contributed by atoms with E-state index in [1.54, 1.807) is 0 Å². The van der Waals surface area contributed by atoms with E-state index in [1.165, 1.54) is 4.90 Å². The van der Waals surface area contributed by atoms with E-state index < -0.39 is 17.7 Å². The number of nitrogens with zero attached hydrogens (tertiary/aromatic N) is 1. The van der Waals surface area contributed by atoms with Crippen LogP contribution in [0, 0.1) is 5.92 Å². The predicted octanol–water partition coefficient (Wildman–Crippen LogP) is 2.63. The monoisotopic (exact) mass is 285 g/mol. The standard InChI is InChI=1S/C15H27NO4/c1-6-11(2)9-13(17)12-10-19-8-7-16(12)14(18)20-15(3,4)5/h11-12H,6-10H2,1-5H3. The molecule has 0 radical (unpaired) electrons. The number of amides is 1. The summed E-state index contributed by atoms with van der Waals surface area (Å²) in [7, 11) is 0. The Balaban J connectivity index is 2.71. The number of ether oxygens (including phenoxy) is 2. The van der Waals surface area contributed by atoms with Gasteiger partial charge in [0.1, 0.15) is 11.6 Å². The minimum atomic E-state index is -0.556. The first-order chi connectivity index (χ1) is 9.24. The maximum Gasteiger partial charge on any atom is 0.411 e. The van der Waals surface area contributed by atoms with Gasteiger partial charge in [0.2, 0.25) is 0 Å². The number of ketones is 1. The second kappa shape index (κ2) is 7.07. The number of hydrogen-bond acceptors (Lipinski definition) is 4. The van der Waals surface area contributed by atoms with Gasteiger partial charge in [-0.1, -0.05) is 20.3 Å². The first-order valence-electron chi connectivity index (χ1n) is 7.34. The molecule has 2 unspecified atom stereocenters. The zero-order chi connectivity index (χ0) is 15.3. The molecule has 1 heterocycles. The van der Waals surface area contributed by atoms with Crippen LogP contribution in [0.2, 0.25) is 0 Å². The van der Waals surface area contributed by atoms with Crippen LogP contribution in [0.5, 0.6) is 0 Å². The Labute approximate surface area is 121 Å². The molecule has 0 aromatic rings. The van der Waals surface area contributed by atoms with Gasteiger partial charge in [-0.2, -0.15) is 0 Å². The molecule has 2 atom stereocenters. The summed E-state index contributed by atoms with van der Waals surface area (Å²) < 4.78 is 10.7. The molecule has 0 aliphatic carbocycles. The van der Waals surface area contributed by atoms with Crippen molar-refractivity contribution in [1.82, 2.24) is 4.90 Å². The maximum absolute atomic E-state index is 12.3. The third-order valence-electron chi connectivity index (χ3n) is 3.37. The number of Topliss-reactive ketones (excluding diaryl/α,β-unsaturated/α-hetero) is 1. The molecule has 1 saturated heterocycles. The summed E-state index contributed by atoms with van der Waals surface area (Å²) in [6.45, 7) is 10.7. The highest BCUT2D eigenvalue weighted by atomic mass is 16.6. The van der Waals surface area contributed by atoms with Crippen molar-refractivity contribution >= 4 is 11.9 Å². The lowest BCUT2D eigenvalue weighted by Crippen LogP contribution is -2.54. The van der Waals surface area contributed by atoms with Crippen LogP contribution in [-0.2, 0) is 14.3 Å². The summed E-state index contributed by atoms with van der Waals surface area (Å²) in [4.78, 5) is 26.0. The quantitative estimate of drug-likeness (QED) is 0.796. The van der Waals surface area contributed by atoms with Gasteiger partial charge in [0, 0.05) is 13.0 Å². The van der Waals surface area contributed by atoms with Gasteiger partial charge in [-0.25, -0.2) is 4.79 Å². The average Bonchev–Trinajstić information content (AvgIpc) is 2.36. The molecule has 0 spiro atoms. The SMILES string of the molecule is CCC(C)CC(=O)C1COCCN1C(=O)OC(C)(C)C. The van der Waals surface area contributed by atoms with E-state index in [0.717, 1.165) is 6.42 Å². The van der Waals surface area contributed by atoms with E-state index in [4.69, 9.17) is 9.47 Å². The highest BCUT2D eigenvalue weighted by Crippen LogP contribution is 2.18. The Bertz CT molecular complexity index is 348. The molecule has 0 saturated carbocycles. The van der Waals surface area contributed by atoms with Gasteiger partial charge in [-0.15, -0.1) is 0 Å². The van der Waals surface area contributed by atoms with E-state index >= 15 is 0 Å². The average molecular weight is 285 g/mol. The van der Waals surface area contributed by atoms with Crippen molar-refractivity contribution < 1.29 is 19.1 Å². The van der Waals surface area contributed by atoms with Gasteiger partial charge >= 0.3 is 6.09 Å². The van der Waals surface area contributed by atoms with Crippen LogP contribution >= 0.6 is 0 Å². The van der Waals surface area contributed by atoms with Crippen molar-refractivity contribution in [2.24, 2.45) is 5.92 Å². The van der Waals surface area contributed by atoms with Crippen LogP contribution in [0.15, 0.2) is 0 Å². The second-order valence-electron chi connectivity index (χ2n) is 6.45. The zero-order valence-electron chi connectivity index (χ0n) is 13.3. The van der Waals surface area contributed by atoms with E-state index in [1.807, 2.05) is 27.7 Å². The number of carbonyl (C=O) groups is 2. The Morgan fingerprint density at radius 2 is 2.05 bits per heavy atom. The number of carbonyl (C=O) groups excluding carboxylic acids is 2. The minimum absolute atomic E-state index is 0.0601. The Hall–Kier alpha value is -1.10. The van der Waals surface area contributed by atoms with Gasteiger partial charge in [0.15, 0.2) is 5.78 Å². The zero-order valence-corrected chi connectivity index (χ0v) is 13.3. The molecule has 20 heavy (non-hydrogen) atoms. The molecule has 1 amide bonds. The van der Waals surface area contributed by atoms with Crippen LogP contribution in [0.1, 0.15) is 47.5 Å². The Morgan fingerprint density at radius 3 is 2.60 bits per heavy atom. The number of morpholine rings is 1. The molecule has 0 aromatic carbocycles. The fraction of sp³-hybridized carbons (Fsp3) is 0.867. The third kappa shape index (κ3) is 5.12. The van der Waals surface area contributed by atoms with Crippen molar-refractivity contribution in [2.45, 2.75) is 59.1 Å². The normalized spacial score (nSPS) is 21.4. The van der Waals surface area contributed by atoms with Gasteiger partial charge in [0.25, 0.3) is 0 Å². The fourth-order valence-electron chi connectivity index (χ4n) is 2.03. The van der Waals surface area contributed by atoms with Gasteiger partial charge < -0.3 is 9.47 Å². The molecule has 116 valence electrons. The lowest BCUT2D eigenvalue weighted by molar-refractivity contribution is -0.130. The first-order valence-corrected chi connectivity index (χ1v) is 7.34. The van der Waals surface area contributed by atoms with E-state index in [2.05, 4.69) is 6.92 Å². The van der Waals surface area contributed by atoms with Crippen LogP contribution < -0.4 is 0 Å². The summed E-state index contributed by atoms with van der Waals surface area (Å²) >= 11 is 0. The highest BCUT2D eigenvalue weighted by molar-refractivity contribution is 5.88. The summed E-state index contributed by atoms with van der Waals surface area (Å²) in [5, 5.41) is 0. The lowest BCUT2D eigenvalue weighted by Gasteiger charge is -2.36. The van der Waals surface area contributed by atoms with E-state index in [-0.39, 0.29) is 12.4 Å². The Kier molecular flexibility index (Phi) is 5.99. The van der Waals surface area contributed by atoms with Crippen molar-refractivity contribution in [3.63, 3.8) is 0 Å². The largest absolute Gasteiger partial charge is 0.444 e. The van der Waals surface area contributed by atoms with Crippen LogP contribution in [0.4, 0.5) is 4.79 Å².